The molecular weight excluding hydrogens is 493 g/mol. The van der Waals surface area contributed by atoms with Crippen molar-refractivity contribution >= 4 is 59.3 Å². The Kier molecular flexibility index (Phi) is 11.4. The molecule has 0 aliphatic heterocycles. The lowest BCUT2D eigenvalue weighted by Gasteiger charge is -2.27. The van der Waals surface area contributed by atoms with E-state index < -0.39 is 6.04 Å². The first-order valence-corrected chi connectivity index (χ1v) is 11.4. The quantitative estimate of drug-likeness (QED) is 0.180. The molecular formula is C24H27Cl2N5O4. The third-order valence-corrected chi connectivity index (χ3v) is 5.98. The van der Waals surface area contributed by atoms with Crippen LogP contribution in [-0.4, -0.2) is 62.0 Å². The van der Waals surface area contributed by atoms with Crippen LogP contribution in [-0.2, 0) is 16.1 Å². The fraction of sp³-hybridized carbons (Fsp3) is 0.292. The number of amides is 1. The number of hydrogen-bond donors (Lipinski definition) is 2. The maximum Gasteiger partial charge on any atom is 0.237 e. The Morgan fingerprint density at radius 1 is 1.23 bits per heavy atom. The minimum absolute atomic E-state index is 0.0405. The van der Waals surface area contributed by atoms with Crippen LogP contribution in [0.5, 0.6) is 5.75 Å². The van der Waals surface area contributed by atoms with Crippen LogP contribution in [0.25, 0.3) is 0 Å². The van der Waals surface area contributed by atoms with E-state index in [1.54, 1.807) is 48.3 Å². The molecule has 2 rings (SSSR count). The second-order valence-corrected chi connectivity index (χ2v) is 8.26. The number of halogens is 2. The molecule has 0 aromatic heterocycles. The van der Waals surface area contributed by atoms with Gasteiger partial charge in [-0.25, -0.2) is 0 Å². The van der Waals surface area contributed by atoms with Crippen LogP contribution in [0.3, 0.4) is 0 Å². The summed E-state index contributed by atoms with van der Waals surface area (Å²) in [5, 5.41) is 6.97. The molecule has 1 atom stereocenters. The first-order valence-electron chi connectivity index (χ1n) is 10.7. The molecule has 35 heavy (non-hydrogen) atoms. The van der Waals surface area contributed by atoms with E-state index in [2.05, 4.69) is 15.4 Å². The summed E-state index contributed by atoms with van der Waals surface area (Å²) in [6, 6.07) is 9.54. The largest absolute Gasteiger partial charge is 0.487 e. The fourth-order valence-corrected chi connectivity index (χ4v) is 3.64. The number of benzene rings is 2. The van der Waals surface area contributed by atoms with Gasteiger partial charge in [0.2, 0.25) is 5.91 Å². The van der Waals surface area contributed by atoms with Crippen LogP contribution in [0.1, 0.15) is 28.8 Å². The maximum atomic E-state index is 12.3. The second kappa shape index (κ2) is 14.2. The van der Waals surface area contributed by atoms with Crippen molar-refractivity contribution in [3.8, 4) is 5.75 Å². The van der Waals surface area contributed by atoms with Gasteiger partial charge in [-0.05, 0) is 31.7 Å². The molecule has 0 heterocycles. The molecule has 0 spiro atoms. The van der Waals surface area contributed by atoms with E-state index in [0.717, 1.165) is 12.6 Å². The van der Waals surface area contributed by atoms with Crippen molar-refractivity contribution < 1.29 is 19.1 Å². The Labute approximate surface area is 213 Å². The molecule has 0 fully saturated rings. The Morgan fingerprint density at radius 2 is 1.97 bits per heavy atom. The Morgan fingerprint density at radius 3 is 2.63 bits per heavy atom. The molecule has 0 bridgehead atoms. The standard InChI is InChI=1S/C24H27Cl2N5O4/c1-28-24(34)21(9-5-11-32)31(2)13-18-16(14-33)6-3-10-22(18)35-15-17(30-27)12-29-20-8-4-7-19(25)23(20)26/h3-4,6-8,10-12,14,21H,5,9,13,15,27H2,1-2H3,(H,28,34). The summed E-state index contributed by atoms with van der Waals surface area (Å²) in [5.41, 5.74) is 1.74. The lowest BCUT2D eigenvalue weighted by Crippen LogP contribution is -2.43. The summed E-state index contributed by atoms with van der Waals surface area (Å²) in [6.07, 6.45) is 3.47. The van der Waals surface area contributed by atoms with Gasteiger partial charge in [0.05, 0.1) is 28.0 Å². The number of hydrogen-bond acceptors (Lipinski definition) is 8. The van der Waals surface area contributed by atoms with Crippen LogP contribution in [0.2, 0.25) is 10.0 Å². The lowest BCUT2D eigenvalue weighted by atomic mass is 10.0. The van der Waals surface area contributed by atoms with Gasteiger partial charge in [-0.3, -0.25) is 19.5 Å². The molecule has 3 N–H and O–H groups in total. The van der Waals surface area contributed by atoms with Gasteiger partial charge in [0.15, 0.2) is 6.29 Å². The van der Waals surface area contributed by atoms with Crippen molar-refractivity contribution in [3.05, 3.63) is 57.6 Å². The molecule has 1 unspecified atom stereocenters. The highest BCUT2D eigenvalue weighted by atomic mass is 35.5. The van der Waals surface area contributed by atoms with Crippen molar-refractivity contribution in [1.82, 2.24) is 10.2 Å². The normalized spacial score (nSPS) is 12.5. The number of nitrogens with one attached hydrogen (secondary N) is 1. The number of aldehydes is 2. The van der Waals surface area contributed by atoms with Gasteiger partial charge in [-0.1, -0.05) is 41.4 Å². The number of aliphatic imine (C=N–C) groups is 1. The zero-order chi connectivity index (χ0) is 25.8. The van der Waals surface area contributed by atoms with E-state index in [9.17, 15) is 14.4 Å². The molecule has 0 radical (unpaired) electrons. The summed E-state index contributed by atoms with van der Waals surface area (Å²) in [7, 11) is 3.27. The topological polar surface area (TPSA) is 126 Å². The molecule has 2 aromatic carbocycles. The molecule has 186 valence electrons. The third-order valence-electron chi connectivity index (χ3n) is 5.17. The van der Waals surface area contributed by atoms with Gasteiger partial charge in [0.25, 0.3) is 0 Å². The van der Waals surface area contributed by atoms with Crippen LogP contribution in [0, 0.1) is 0 Å². The van der Waals surface area contributed by atoms with Crippen molar-refractivity contribution in [2.45, 2.75) is 25.4 Å². The van der Waals surface area contributed by atoms with Gasteiger partial charge in [0, 0.05) is 31.1 Å². The molecule has 0 saturated carbocycles. The summed E-state index contributed by atoms with van der Waals surface area (Å²) >= 11 is 12.2. The Bertz CT molecular complexity index is 1110. The number of hydrazone groups is 1. The number of rotatable bonds is 13. The van der Waals surface area contributed by atoms with E-state index in [1.165, 1.54) is 13.3 Å². The van der Waals surface area contributed by atoms with Gasteiger partial charge >= 0.3 is 0 Å². The molecule has 2 aromatic rings. The van der Waals surface area contributed by atoms with Gasteiger partial charge in [0.1, 0.15) is 24.4 Å². The maximum absolute atomic E-state index is 12.3. The Hall–Kier alpha value is -3.27. The second-order valence-electron chi connectivity index (χ2n) is 7.47. The average molecular weight is 520 g/mol. The lowest BCUT2D eigenvalue weighted by molar-refractivity contribution is -0.126. The van der Waals surface area contributed by atoms with Crippen LogP contribution >= 0.6 is 23.2 Å². The number of likely N-dealkylation sites (N-methyl/N-ethyl adjacent to an activating group) is 2. The molecule has 0 saturated heterocycles. The average Bonchev–Trinajstić information content (AvgIpc) is 2.87. The highest BCUT2D eigenvalue weighted by Gasteiger charge is 2.24. The number of nitrogens with zero attached hydrogens (tertiary/aromatic N) is 3. The summed E-state index contributed by atoms with van der Waals surface area (Å²) in [6.45, 7) is 0.184. The highest BCUT2D eigenvalue weighted by Crippen LogP contribution is 2.31. The first-order chi connectivity index (χ1) is 16.9. The fourth-order valence-electron chi connectivity index (χ4n) is 3.30. The number of ether oxygens (including phenoxy) is 1. The van der Waals surface area contributed by atoms with E-state index >= 15 is 0 Å². The zero-order valence-electron chi connectivity index (χ0n) is 19.4. The number of nitrogens with two attached hydrogens (primary N) is 1. The molecule has 9 nitrogen and oxygen atoms in total. The van der Waals surface area contributed by atoms with Gasteiger partial charge in [-0.15, -0.1) is 0 Å². The van der Waals surface area contributed by atoms with Crippen LogP contribution in [0.15, 0.2) is 46.5 Å². The van der Waals surface area contributed by atoms with Crippen molar-refractivity contribution in [2.24, 2.45) is 15.9 Å². The first kappa shape index (κ1) is 28.0. The van der Waals surface area contributed by atoms with Crippen molar-refractivity contribution in [1.29, 1.82) is 0 Å². The highest BCUT2D eigenvalue weighted by molar-refractivity contribution is 6.43. The monoisotopic (exact) mass is 519 g/mol. The number of carbonyl (C=O) groups is 3. The minimum Gasteiger partial charge on any atom is -0.487 e. The van der Waals surface area contributed by atoms with E-state index in [1.807, 2.05) is 0 Å². The molecule has 0 aliphatic carbocycles. The predicted molar refractivity (Wildman–Crippen MR) is 138 cm³/mol. The van der Waals surface area contributed by atoms with Crippen molar-refractivity contribution in [3.63, 3.8) is 0 Å². The number of carbonyl (C=O) groups excluding carboxylic acids is 3. The van der Waals surface area contributed by atoms with E-state index in [0.29, 0.717) is 44.7 Å². The molecule has 1 amide bonds. The zero-order valence-corrected chi connectivity index (χ0v) is 20.9. The Balaban J connectivity index is 2.22. The van der Waals surface area contributed by atoms with Gasteiger partial charge < -0.3 is 20.7 Å². The van der Waals surface area contributed by atoms with Crippen molar-refractivity contribution in [2.75, 3.05) is 20.7 Å². The van der Waals surface area contributed by atoms with Gasteiger partial charge in [-0.2, -0.15) is 5.10 Å². The smallest absolute Gasteiger partial charge is 0.237 e. The van der Waals surface area contributed by atoms with Crippen LogP contribution in [0.4, 0.5) is 5.69 Å². The summed E-state index contributed by atoms with van der Waals surface area (Å²) in [5.74, 6) is 5.69. The summed E-state index contributed by atoms with van der Waals surface area (Å²) in [4.78, 5) is 40.9. The van der Waals surface area contributed by atoms with E-state index in [-0.39, 0.29) is 25.5 Å². The molecule has 0 aliphatic rings. The molecule has 11 heteroatoms. The van der Waals surface area contributed by atoms with Crippen LogP contribution < -0.4 is 15.9 Å². The SMILES string of the molecule is CNC(=O)C(CCC=O)N(C)Cc1c(C=O)cccc1OCC(C=Nc1cccc(Cl)c1Cl)=NN. The van der Waals surface area contributed by atoms with E-state index in [4.69, 9.17) is 33.8 Å². The predicted octanol–water partition coefficient (Wildman–Crippen LogP) is 3.43. The minimum atomic E-state index is -0.562. The summed E-state index contributed by atoms with van der Waals surface area (Å²) < 4.78 is 5.92. The third kappa shape index (κ3) is 7.88.